The molecular weight excluding hydrogens is 384 g/mol. The first kappa shape index (κ1) is 23.3. The molecule has 0 fully saturated rings. The Morgan fingerprint density at radius 1 is 1.26 bits per heavy atom. The second-order valence-corrected chi connectivity index (χ2v) is 6.69. The van der Waals surface area contributed by atoms with E-state index < -0.39 is 42.3 Å². The van der Waals surface area contributed by atoms with Crippen LogP contribution in [0.15, 0.2) is 5.16 Å². The molecule has 6 nitrogen and oxygen atoms in total. The van der Waals surface area contributed by atoms with Gasteiger partial charge in [-0.25, -0.2) is 4.79 Å². The van der Waals surface area contributed by atoms with Crippen molar-refractivity contribution < 1.29 is 41.1 Å². The Morgan fingerprint density at radius 3 is 2.26 bits per heavy atom. The predicted octanol–water partition coefficient (Wildman–Crippen LogP) is 3.46. The summed E-state index contributed by atoms with van der Waals surface area (Å²) in [5.41, 5.74) is -5.11. The van der Waals surface area contributed by atoms with E-state index >= 15 is 0 Å². The first-order valence-corrected chi connectivity index (χ1v) is 8.40. The second kappa shape index (κ2) is 8.53. The van der Waals surface area contributed by atoms with Gasteiger partial charge >= 0.3 is 18.4 Å². The van der Waals surface area contributed by atoms with Crippen molar-refractivity contribution in [1.29, 1.82) is 0 Å². The highest BCUT2D eigenvalue weighted by Gasteiger charge is 2.76. The molecule has 0 bridgehead atoms. The third-order valence-electron chi connectivity index (χ3n) is 4.25. The van der Waals surface area contributed by atoms with E-state index in [0.29, 0.717) is 6.42 Å². The zero-order valence-electron chi connectivity index (χ0n) is 15.0. The third kappa shape index (κ3) is 5.39. The average Bonchev–Trinajstić information content (AvgIpc) is 2.96. The smallest absolute Gasteiger partial charge is 0.387 e. The van der Waals surface area contributed by atoms with Gasteiger partial charge in [0.2, 0.25) is 0 Å². The molecule has 0 saturated heterocycles. The number of amides is 2. The van der Waals surface area contributed by atoms with Gasteiger partial charge in [0.05, 0.1) is 6.42 Å². The van der Waals surface area contributed by atoms with Crippen molar-refractivity contribution in [2.75, 3.05) is 0 Å². The lowest BCUT2D eigenvalue weighted by atomic mass is 9.92. The molecule has 1 heterocycles. The van der Waals surface area contributed by atoms with Crippen LogP contribution in [0.1, 0.15) is 46.5 Å². The van der Waals surface area contributed by atoms with E-state index in [-0.39, 0.29) is 12.0 Å². The highest BCUT2D eigenvalue weighted by atomic mass is 19.4. The summed E-state index contributed by atoms with van der Waals surface area (Å²) >= 11 is 0. The first-order valence-electron chi connectivity index (χ1n) is 8.40. The summed E-state index contributed by atoms with van der Waals surface area (Å²) in [6.07, 6.45) is -13.5. The van der Waals surface area contributed by atoms with Crippen LogP contribution in [0.2, 0.25) is 0 Å². The molecule has 1 rings (SSSR count). The number of hydrogen-bond acceptors (Lipinski definition) is 4. The fourth-order valence-corrected chi connectivity index (χ4v) is 2.53. The quantitative estimate of drug-likeness (QED) is 0.590. The summed E-state index contributed by atoms with van der Waals surface area (Å²) in [5, 5.41) is 17.0. The van der Waals surface area contributed by atoms with Crippen LogP contribution >= 0.6 is 0 Å². The van der Waals surface area contributed by atoms with Crippen molar-refractivity contribution in [3.63, 3.8) is 0 Å². The Labute approximate surface area is 152 Å². The number of aliphatic hydroxyl groups is 1. The first-order chi connectivity index (χ1) is 12.2. The van der Waals surface area contributed by atoms with Gasteiger partial charge < -0.3 is 15.3 Å². The number of alkyl halides is 6. The molecule has 27 heavy (non-hydrogen) atoms. The van der Waals surface area contributed by atoms with Gasteiger partial charge in [-0.15, -0.1) is 0 Å². The molecule has 0 aromatic heterocycles. The molecular formula is C15H23F6N3O3. The average molecular weight is 407 g/mol. The summed E-state index contributed by atoms with van der Waals surface area (Å²) < 4.78 is 76.9. The molecule has 0 aliphatic carbocycles. The van der Waals surface area contributed by atoms with E-state index in [1.165, 1.54) is 0 Å². The molecule has 3 N–H and O–H groups in total. The van der Waals surface area contributed by atoms with Crippen LogP contribution in [0.25, 0.3) is 0 Å². The van der Waals surface area contributed by atoms with Crippen molar-refractivity contribution in [3.8, 4) is 0 Å². The second-order valence-electron chi connectivity index (χ2n) is 6.69. The lowest BCUT2D eigenvalue weighted by molar-refractivity contribution is -0.392. The van der Waals surface area contributed by atoms with Crippen molar-refractivity contribution >= 4 is 11.9 Å². The van der Waals surface area contributed by atoms with Gasteiger partial charge in [-0.2, -0.15) is 26.3 Å². The lowest BCUT2D eigenvalue weighted by Crippen LogP contribution is -2.64. The maximum Gasteiger partial charge on any atom is 0.430 e. The fourth-order valence-electron chi connectivity index (χ4n) is 2.53. The summed E-state index contributed by atoms with van der Waals surface area (Å²) in [6, 6.07) is -1.05. The maximum atomic E-state index is 12.8. The number of urea groups is 1. The van der Waals surface area contributed by atoms with E-state index in [4.69, 9.17) is 0 Å². The van der Waals surface area contributed by atoms with E-state index in [2.05, 4.69) is 20.6 Å². The Hall–Kier alpha value is -1.72. The SMILES string of the molecule is CCCCC(NC(=O)NC1=NOC(C(O)(C(F)(F)F)C(F)(F)F)C1)C(C)C. The van der Waals surface area contributed by atoms with Crippen LogP contribution in [0.5, 0.6) is 0 Å². The highest BCUT2D eigenvalue weighted by molar-refractivity contribution is 5.98. The number of halogens is 6. The standard InChI is InChI=1S/C15H23F6N3O3/c1-4-5-6-9(8(2)3)22-12(25)23-11-7-10(27-24-11)13(26,14(16,17)18)15(19,20)21/h8-10,26H,4-7H2,1-3H3,(H2,22,23,24,25). The van der Waals surface area contributed by atoms with E-state index in [0.717, 1.165) is 12.8 Å². The fraction of sp³-hybridized carbons (Fsp3) is 0.867. The maximum absolute atomic E-state index is 12.8. The van der Waals surface area contributed by atoms with Crippen LogP contribution in [0.4, 0.5) is 31.1 Å². The number of amidine groups is 1. The summed E-state index contributed by atoms with van der Waals surface area (Å²) in [6.45, 7) is 5.68. The Morgan fingerprint density at radius 2 is 1.81 bits per heavy atom. The molecule has 1 aliphatic heterocycles. The number of nitrogens with one attached hydrogen (secondary N) is 2. The number of carbonyl (C=O) groups excluding carboxylic acids is 1. The Kier molecular flexibility index (Phi) is 7.37. The number of carbonyl (C=O) groups is 1. The van der Waals surface area contributed by atoms with Crippen molar-refractivity contribution in [3.05, 3.63) is 0 Å². The van der Waals surface area contributed by atoms with Crippen LogP contribution in [0.3, 0.4) is 0 Å². The predicted molar refractivity (Wildman–Crippen MR) is 83.8 cm³/mol. The number of oxime groups is 1. The molecule has 0 saturated carbocycles. The normalized spacial score (nSPS) is 19.5. The Balaban J connectivity index is 2.75. The molecule has 0 aromatic carbocycles. The zero-order valence-corrected chi connectivity index (χ0v) is 15.0. The molecule has 2 amide bonds. The largest absolute Gasteiger partial charge is 0.430 e. The van der Waals surface area contributed by atoms with Gasteiger partial charge in [0.15, 0.2) is 11.9 Å². The van der Waals surface area contributed by atoms with Crippen LogP contribution < -0.4 is 10.6 Å². The lowest BCUT2D eigenvalue weighted by Gasteiger charge is -2.34. The van der Waals surface area contributed by atoms with E-state index in [1.807, 2.05) is 20.8 Å². The topological polar surface area (TPSA) is 83.0 Å². The summed E-state index contributed by atoms with van der Waals surface area (Å²) in [7, 11) is 0. The molecule has 0 spiro atoms. The molecule has 158 valence electrons. The third-order valence-corrected chi connectivity index (χ3v) is 4.25. The van der Waals surface area contributed by atoms with Crippen molar-refractivity contribution in [1.82, 2.24) is 10.6 Å². The molecule has 2 atom stereocenters. The number of rotatable bonds is 6. The van der Waals surface area contributed by atoms with Crippen molar-refractivity contribution in [2.45, 2.75) is 76.6 Å². The molecule has 12 heteroatoms. The van der Waals surface area contributed by atoms with Crippen molar-refractivity contribution in [2.24, 2.45) is 11.1 Å². The summed E-state index contributed by atoms with van der Waals surface area (Å²) in [5.74, 6) is -0.472. The van der Waals surface area contributed by atoms with Gasteiger partial charge in [-0.3, -0.25) is 5.32 Å². The van der Waals surface area contributed by atoms with Gasteiger partial charge in [0, 0.05) is 6.04 Å². The Bertz CT molecular complexity index is 534. The highest BCUT2D eigenvalue weighted by Crippen LogP contribution is 2.47. The molecule has 0 aromatic rings. The number of unbranched alkanes of at least 4 members (excludes halogenated alkanes) is 1. The van der Waals surface area contributed by atoms with Crippen LogP contribution in [-0.2, 0) is 4.84 Å². The van der Waals surface area contributed by atoms with E-state index in [9.17, 15) is 36.2 Å². The minimum absolute atomic E-state index is 0.0670. The van der Waals surface area contributed by atoms with Crippen LogP contribution in [0, 0.1) is 5.92 Å². The summed E-state index contributed by atoms with van der Waals surface area (Å²) in [4.78, 5) is 16.1. The zero-order chi connectivity index (χ0) is 21.0. The minimum atomic E-state index is -6.04. The van der Waals surface area contributed by atoms with E-state index in [1.54, 1.807) is 0 Å². The number of nitrogens with zero attached hydrogens (tertiary/aromatic N) is 1. The molecule has 2 unspecified atom stereocenters. The van der Waals surface area contributed by atoms with Gasteiger partial charge in [0.1, 0.15) is 0 Å². The molecule has 1 aliphatic rings. The molecule has 0 radical (unpaired) electrons. The van der Waals surface area contributed by atoms with Gasteiger partial charge in [-0.1, -0.05) is 38.8 Å². The monoisotopic (exact) mass is 407 g/mol. The van der Waals surface area contributed by atoms with Gasteiger partial charge in [0.25, 0.3) is 5.60 Å². The van der Waals surface area contributed by atoms with Gasteiger partial charge in [-0.05, 0) is 12.3 Å². The van der Waals surface area contributed by atoms with Crippen LogP contribution in [-0.4, -0.2) is 47.1 Å². The minimum Gasteiger partial charge on any atom is -0.387 e. The number of hydrogen-bond donors (Lipinski definition) is 3.